The van der Waals surface area contributed by atoms with E-state index in [1.807, 2.05) is 0 Å². The zero-order valence-corrected chi connectivity index (χ0v) is 22.1. The van der Waals surface area contributed by atoms with Crippen molar-refractivity contribution in [1.29, 1.82) is 0 Å². The average molecular weight is 566 g/mol. The van der Waals surface area contributed by atoms with Gasteiger partial charge in [0.05, 0.1) is 52.5 Å². The van der Waals surface area contributed by atoms with Crippen molar-refractivity contribution in [3.63, 3.8) is 0 Å². The predicted octanol–water partition coefficient (Wildman–Crippen LogP) is 6.31. The van der Waals surface area contributed by atoms with E-state index in [4.69, 9.17) is 16.3 Å². The van der Waals surface area contributed by atoms with Crippen LogP contribution in [0.5, 0.6) is 0 Å². The van der Waals surface area contributed by atoms with Gasteiger partial charge in [0.2, 0.25) is 5.91 Å². The van der Waals surface area contributed by atoms with Crippen LogP contribution in [0.4, 0.5) is 18.9 Å². The molecule has 0 unspecified atom stereocenters. The van der Waals surface area contributed by atoms with Gasteiger partial charge in [-0.05, 0) is 54.2 Å². The van der Waals surface area contributed by atoms with Crippen LogP contribution in [0.3, 0.4) is 0 Å². The highest BCUT2D eigenvalue weighted by Gasteiger charge is 2.36. The monoisotopic (exact) mass is 565 g/mol. The smallest absolute Gasteiger partial charge is 0.276 e. The molecule has 2 fully saturated rings. The number of hydrogen-bond acceptors (Lipinski definition) is 5. The molecule has 202 valence electrons. The summed E-state index contributed by atoms with van der Waals surface area (Å²) in [5, 5.41) is 2.56. The molecule has 2 aromatic carbocycles. The molecule has 0 bridgehead atoms. The van der Waals surface area contributed by atoms with Crippen LogP contribution >= 0.6 is 23.1 Å². The molecule has 2 aliphatic rings. The lowest BCUT2D eigenvalue weighted by atomic mass is 9.98. The molecule has 1 aromatic heterocycles. The first-order valence-corrected chi connectivity index (χ1v) is 13.8. The number of alkyl halides is 1. The minimum absolute atomic E-state index is 0.00419. The highest BCUT2D eigenvalue weighted by molar-refractivity contribution is 7.13. The van der Waals surface area contributed by atoms with Crippen LogP contribution in [0.2, 0.25) is 5.02 Å². The molecule has 38 heavy (non-hydrogen) atoms. The normalized spacial score (nSPS) is 20.3. The van der Waals surface area contributed by atoms with Gasteiger partial charge in [-0.15, -0.1) is 0 Å². The van der Waals surface area contributed by atoms with Crippen LogP contribution in [-0.2, 0) is 16.0 Å². The number of benzene rings is 2. The molecule has 6 nitrogen and oxygen atoms in total. The fourth-order valence-electron chi connectivity index (χ4n) is 5.17. The highest BCUT2D eigenvalue weighted by atomic mass is 35.5. The summed E-state index contributed by atoms with van der Waals surface area (Å²) in [6, 6.07) is 6.27. The topological polar surface area (TPSA) is 71.5 Å². The Labute approximate surface area is 227 Å². The number of amides is 2. The van der Waals surface area contributed by atoms with Crippen molar-refractivity contribution >= 4 is 50.7 Å². The predicted molar refractivity (Wildman–Crippen MR) is 140 cm³/mol. The van der Waals surface area contributed by atoms with Gasteiger partial charge < -0.3 is 15.0 Å². The van der Waals surface area contributed by atoms with Gasteiger partial charge in [0.1, 0.15) is 17.8 Å². The summed E-state index contributed by atoms with van der Waals surface area (Å²) in [5.74, 6) is -2.50. The number of fused-ring (bicyclic) bond motifs is 1. The summed E-state index contributed by atoms with van der Waals surface area (Å²) in [4.78, 5) is 27.2. The number of carbonyl (C=O) groups excluding carboxylic acids is 2. The lowest BCUT2D eigenvalue weighted by molar-refractivity contribution is -0.133. The third-order valence-electron chi connectivity index (χ3n) is 7.15. The maximum atomic E-state index is 15.0. The van der Waals surface area contributed by atoms with E-state index < -0.39 is 35.7 Å². The van der Waals surface area contributed by atoms with E-state index in [9.17, 15) is 22.8 Å². The second-order valence-electron chi connectivity index (χ2n) is 9.82. The van der Waals surface area contributed by atoms with Crippen LogP contribution in [0.25, 0.3) is 10.1 Å². The molecule has 2 heterocycles. The van der Waals surface area contributed by atoms with E-state index in [2.05, 4.69) is 9.69 Å². The van der Waals surface area contributed by atoms with Crippen LogP contribution in [0.15, 0.2) is 30.3 Å². The number of carbonyl (C=O) groups is 2. The molecular formula is C27H27ClF3N3O3S. The van der Waals surface area contributed by atoms with Crippen molar-refractivity contribution in [2.24, 2.45) is 0 Å². The number of aromatic nitrogens is 1. The molecule has 3 aromatic rings. The molecule has 11 heteroatoms. The van der Waals surface area contributed by atoms with E-state index in [1.54, 1.807) is 6.07 Å². The van der Waals surface area contributed by atoms with Crippen molar-refractivity contribution in [3.8, 4) is 0 Å². The second-order valence-corrected chi connectivity index (χ2v) is 11.0. The van der Waals surface area contributed by atoms with Crippen LogP contribution in [0.1, 0.15) is 54.6 Å². The Morgan fingerprint density at radius 1 is 1.16 bits per heavy atom. The maximum absolute atomic E-state index is 15.0. The number of nitrogens with one attached hydrogen (secondary N) is 1. The maximum Gasteiger partial charge on any atom is 0.276 e. The van der Waals surface area contributed by atoms with Gasteiger partial charge in [0.25, 0.3) is 5.91 Å². The first kappa shape index (κ1) is 26.9. The Balaban J connectivity index is 1.25. The van der Waals surface area contributed by atoms with E-state index in [0.29, 0.717) is 4.70 Å². The van der Waals surface area contributed by atoms with Crippen LogP contribution < -0.4 is 5.32 Å². The molecule has 0 radical (unpaired) electrons. The fourth-order valence-corrected chi connectivity index (χ4v) is 6.20. The van der Waals surface area contributed by atoms with Gasteiger partial charge in [-0.25, -0.2) is 13.2 Å². The summed E-state index contributed by atoms with van der Waals surface area (Å²) >= 11 is 7.28. The zero-order valence-electron chi connectivity index (χ0n) is 20.5. The number of anilines is 1. The Hall–Kier alpha value is -2.69. The minimum Gasteiger partial charge on any atom is -0.376 e. The van der Waals surface area contributed by atoms with E-state index in [1.165, 1.54) is 29.5 Å². The van der Waals surface area contributed by atoms with Gasteiger partial charge in [-0.1, -0.05) is 36.9 Å². The molecule has 1 saturated heterocycles. The standard InChI is InChI=1S/C27H27ClF3N3O3S/c28-19-9-15(10-24(35)34-13-16(29)11-17(34)14-37-18-5-2-1-3-6-18)21(31)12-22(19)32-27(36)26-25-20(30)7-4-8-23(25)38-33-26/h4,7-9,12,16-18H,1-3,5-6,10-11,13-14H2,(H,32,36)/t16-,17-/m0/s1. The Morgan fingerprint density at radius 3 is 2.74 bits per heavy atom. The zero-order chi connectivity index (χ0) is 26.8. The Kier molecular flexibility index (Phi) is 8.20. The van der Waals surface area contributed by atoms with Crippen molar-refractivity contribution < 1.29 is 27.5 Å². The van der Waals surface area contributed by atoms with Gasteiger partial charge in [0.15, 0.2) is 5.69 Å². The number of rotatable bonds is 7. The number of likely N-dealkylation sites (tertiary alicyclic amines) is 1. The average Bonchev–Trinajstić information content (AvgIpc) is 3.50. The van der Waals surface area contributed by atoms with Crippen molar-refractivity contribution in [3.05, 3.63) is 58.2 Å². The Bertz CT molecular complexity index is 1350. The molecule has 5 rings (SSSR count). The third-order valence-corrected chi connectivity index (χ3v) is 8.27. The molecule has 2 amide bonds. The molecule has 0 spiro atoms. The first-order valence-electron chi connectivity index (χ1n) is 12.7. The van der Waals surface area contributed by atoms with E-state index in [-0.39, 0.29) is 59.5 Å². The van der Waals surface area contributed by atoms with Gasteiger partial charge >= 0.3 is 0 Å². The van der Waals surface area contributed by atoms with Gasteiger partial charge in [-0.3, -0.25) is 9.59 Å². The molecule has 2 atom stereocenters. The largest absolute Gasteiger partial charge is 0.376 e. The summed E-state index contributed by atoms with van der Waals surface area (Å²) in [5.41, 5.74) is -0.140. The molecule has 1 N–H and O–H groups in total. The SMILES string of the molecule is O=C(Nc1cc(F)c(CC(=O)N2C[C@@H](F)C[C@H]2COC2CCCCC2)cc1Cl)c1nsc2cccc(F)c12. The second kappa shape index (κ2) is 11.6. The molecule has 1 saturated carbocycles. The molecular weight excluding hydrogens is 539 g/mol. The third kappa shape index (κ3) is 5.82. The fraction of sp³-hybridized carbons (Fsp3) is 0.444. The molecule has 1 aliphatic heterocycles. The summed E-state index contributed by atoms with van der Waals surface area (Å²) in [7, 11) is 0. The lowest BCUT2D eigenvalue weighted by Gasteiger charge is -2.28. The quantitative estimate of drug-likeness (QED) is 0.364. The number of hydrogen-bond donors (Lipinski definition) is 1. The lowest BCUT2D eigenvalue weighted by Crippen LogP contribution is -2.40. The highest BCUT2D eigenvalue weighted by Crippen LogP contribution is 2.31. The van der Waals surface area contributed by atoms with E-state index in [0.717, 1.165) is 43.3 Å². The van der Waals surface area contributed by atoms with E-state index >= 15 is 0 Å². The van der Waals surface area contributed by atoms with Gasteiger partial charge in [-0.2, -0.15) is 4.37 Å². The molecule has 1 aliphatic carbocycles. The first-order chi connectivity index (χ1) is 18.3. The van der Waals surface area contributed by atoms with Gasteiger partial charge in [0, 0.05) is 6.42 Å². The summed E-state index contributed by atoms with van der Waals surface area (Å²) in [6.07, 6.45) is 4.22. The number of halogens is 4. The van der Waals surface area contributed by atoms with Crippen molar-refractivity contribution in [2.75, 3.05) is 18.5 Å². The number of ether oxygens (including phenoxy) is 1. The van der Waals surface area contributed by atoms with Crippen LogP contribution in [-0.4, -0.2) is 52.6 Å². The van der Waals surface area contributed by atoms with Crippen molar-refractivity contribution in [1.82, 2.24) is 9.27 Å². The Morgan fingerprint density at radius 2 is 1.95 bits per heavy atom. The number of nitrogens with zero attached hydrogens (tertiary/aromatic N) is 2. The summed E-state index contributed by atoms with van der Waals surface area (Å²) < 4.78 is 54.0. The summed E-state index contributed by atoms with van der Waals surface area (Å²) in [6.45, 7) is 0.204. The minimum atomic E-state index is -1.16. The van der Waals surface area contributed by atoms with Crippen molar-refractivity contribution in [2.45, 2.75) is 63.3 Å². The van der Waals surface area contributed by atoms with Crippen LogP contribution in [0, 0.1) is 11.6 Å².